The third-order valence-corrected chi connectivity index (χ3v) is 4.16. The molecular formula is C15H16N2O5S. The Balaban J connectivity index is 2.06. The largest absolute Gasteiger partial charge is 0.507 e. The quantitative estimate of drug-likeness (QED) is 0.692. The third kappa shape index (κ3) is 4.21. The monoisotopic (exact) mass is 336 g/mol. The van der Waals surface area contributed by atoms with E-state index in [1.165, 1.54) is 36.4 Å². The van der Waals surface area contributed by atoms with Crippen molar-refractivity contribution < 1.29 is 23.1 Å². The zero-order valence-electron chi connectivity index (χ0n) is 12.3. The molecule has 0 atom stereocenters. The number of rotatable bonds is 6. The zero-order valence-corrected chi connectivity index (χ0v) is 13.1. The van der Waals surface area contributed by atoms with Gasteiger partial charge in [0.1, 0.15) is 11.5 Å². The maximum absolute atomic E-state index is 12.1. The van der Waals surface area contributed by atoms with Gasteiger partial charge in [0.05, 0.1) is 17.1 Å². The molecule has 0 aliphatic heterocycles. The standard InChI is InChI=1S/C15H16N2O5S/c1-2-22-11-7-9-12(10-8-11)23(20,21)17-16-15(19)13-5-3-4-6-14(13)18/h3-10,17-18H,2H2,1H3,(H,16,19). The Labute approximate surface area is 133 Å². The minimum absolute atomic E-state index is 0.0291. The van der Waals surface area contributed by atoms with Crippen LogP contribution in [0.1, 0.15) is 17.3 Å². The summed E-state index contributed by atoms with van der Waals surface area (Å²) in [5.74, 6) is -0.465. The number of amides is 1. The van der Waals surface area contributed by atoms with Crippen molar-refractivity contribution in [3.8, 4) is 11.5 Å². The van der Waals surface area contributed by atoms with Gasteiger partial charge in [0, 0.05) is 0 Å². The van der Waals surface area contributed by atoms with Crippen LogP contribution in [0, 0.1) is 0 Å². The maximum atomic E-state index is 12.1. The number of aromatic hydroxyl groups is 1. The van der Waals surface area contributed by atoms with Crippen LogP contribution in [-0.2, 0) is 10.0 Å². The molecule has 0 heterocycles. The number of hydrogen-bond acceptors (Lipinski definition) is 5. The SMILES string of the molecule is CCOc1ccc(S(=O)(=O)NNC(=O)c2ccccc2O)cc1. The van der Waals surface area contributed by atoms with Crippen molar-refractivity contribution in [2.24, 2.45) is 0 Å². The molecule has 0 aliphatic rings. The molecule has 0 fully saturated rings. The van der Waals surface area contributed by atoms with Crippen molar-refractivity contribution >= 4 is 15.9 Å². The lowest BCUT2D eigenvalue weighted by atomic mass is 10.2. The fourth-order valence-electron chi connectivity index (χ4n) is 1.79. The predicted molar refractivity (Wildman–Crippen MR) is 83.5 cm³/mol. The summed E-state index contributed by atoms with van der Waals surface area (Å²) in [6.07, 6.45) is 0. The first-order chi connectivity index (χ1) is 10.9. The van der Waals surface area contributed by atoms with Gasteiger partial charge in [-0.3, -0.25) is 10.2 Å². The lowest BCUT2D eigenvalue weighted by Gasteiger charge is -2.10. The minimum atomic E-state index is -3.93. The highest BCUT2D eigenvalue weighted by Crippen LogP contribution is 2.16. The normalized spacial score (nSPS) is 11.0. The van der Waals surface area contributed by atoms with Crippen molar-refractivity contribution in [2.75, 3.05) is 6.61 Å². The minimum Gasteiger partial charge on any atom is -0.507 e. The Morgan fingerprint density at radius 2 is 1.78 bits per heavy atom. The van der Waals surface area contributed by atoms with Crippen molar-refractivity contribution in [2.45, 2.75) is 11.8 Å². The highest BCUT2D eigenvalue weighted by Gasteiger charge is 2.17. The molecule has 0 spiro atoms. The number of carbonyl (C=O) groups excluding carboxylic acids is 1. The summed E-state index contributed by atoms with van der Waals surface area (Å²) in [7, 11) is -3.93. The smallest absolute Gasteiger partial charge is 0.269 e. The van der Waals surface area contributed by atoms with Crippen LogP contribution in [0.4, 0.5) is 0 Å². The molecule has 2 aromatic carbocycles. The summed E-state index contributed by atoms with van der Waals surface area (Å²) in [5.41, 5.74) is 2.01. The molecule has 0 radical (unpaired) electrons. The average molecular weight is 336 g/mol. The second-order valence-electron chi connectivity index (χ2n) is 4.48. The van der Waals surface area contributed by atoms with E-state index >= 15 is 0 Å². The molecule has 2 rings (SSSR count). The lowest BCUT2D eigenvalue weighted by molar-refractivity contribution is 0.0942. The van der Waals surface area contributed by atoms with Gasteiger partial charge in [-0.2, -0.15) is 0 Å². The number of ether oxygens (including phenoxy) is 1. The number of carbonyl (C=O) groups is 1. The molecule has 2 aromatic rings. The average Bonchev–Trinajstić information content (AvgIpc) is 2.54. The Bertz CT molecular complexity index is 788. The first-order valence-electron chi connectivity index (χ1n) is 6.77. The number of phenolic OH excluding ortho intramolecular Hbond substituents is 1. The zero-order chi connectivity index (χ0) is 16.9. The molecule has 0 bridgehead atoms. The van der Waals surface area contributed by atoms with Crippen LogP contribution >= 0.6 is 0 Å². The molecule has 0 saturated carbocycles. The van der Waals surface area contributed by atoms with Crippen molar-refractivity contribution in [1.29, 1.82) is 0 Å². The second-order valence-corrected chi connectivity index (χ2v) is 6.16. The number of phenols is 1. The molecule has 1 amide bonds. The summed E-state index contributed by atoms with van der Waals surface area (Å²) >= 11 is 0. The van der Waals surface area contributed by atoms with E-state index in [-0.39, 0.29) is 16.2 Å². The first-order valence-corrected chi connectivity index (χ1v) is 8.25. The van der Waals surface area contributed by atoms with E-state index in [9.17, 15) is 18.3 Å². The van der Waals surface area contributed by atoms with E-state index in [0.29, 0.717) is 12.4 Å². The van der Waals surface area contributed by atoms with Gasteiger partial charge in [0.2, 0.25) is 0 Å². The van der Waals surface area contributed by atoms with Crippen LogP contribution in [-0.4, -0.2) is 26.0 Å². The molecule has 7 nitrogen and oxygen atoms in total. The highest BCUT2D eigenvalue weighted by molar-refractivity contribution is 7.89. The van der Waals surface area contributed by atoms with Crippen LogP contribution < -0.4 is 15.0 Å². The number of sulfonamides is 1. The Kier molecular flexibility index (Phi) is 5.20. The fourth-order valence-corrected chi connectivity index (χ4v) is 2.63. The number of nitrogens with one attached hydrogen (secondary N) is 2. The van der Waals surface area contributed by atoms with Gasteiger partial charge in [-0.05, 0) is 43.3 Å². The number of benzene rings is 2. The Morgan fingerprint density at radius 3 is 2.39 bits per heavy atom. The van der Waals surface area contributed by atoms with Gasteiger partial charge < -0.3 is 9.84 Å². The van der Waals surface area contributed by atoms with Gasteiger partial charge in [0.25, 0.3) is 15.9 Å². The maximum Gasteiger partial charge on any atom is 0.269 e. The van der Waals surface area contributed by atoms with Gasteiger partial charge in [0.15, 0.2) is 0 Å². The molecule has 122 valence electrons. The summed E-state index contributed by atoms with van der Waals surface area (Å²) in [5, 5.41) is 9.56. The van der Waals surface area contributed by atoms with Gasteiger partial charge in [-0.1, -0.05) is 12.1 Å². The predicted octanol–water partition coefficient (Wildman–Crippen LogP) is 1.41. The molecule has 23 heavy (non-hydrogen) atoms. The molecule has 0 saturated heterocycles. The van der Waals surface area contributed by atoms with Crippen LogP contribution in [0.2, 0.25) is 0 Å². The summed E-state index contributed by atoms with van der Waals surface area (Å²) in [6.45, 7) is 2.29. The van der Waals surface area contributed by atoms with E-state index in [0.717, 1.165) is 0 Å². The summed E-state index contributed by atoms with van der Waals surface area (Å²) in [6, 6.07) is 11.6. The summed E-state index contributed by atoms with van der Waals surface area (Å²) in [4.78, 5) is 13.8. The Hall–Kier alpha value is -2.58. The van der Waals surface area contributed by atoms with Gasteiger partial charge in [-0.15, -0.1) is 4.83 Å². The second kappa shape index (κ2) is 7.12. The van der Waals surface area contributed by atoms with E-state index < -0.39 is 15.9 Å². The van der Waals surface area contributed by atoms with Crippen LogP contribution in [0.5, 0.6) is 11.5 Å². The number of hydrogen-bond donors (Lipinski definition) is 3. The van der Waals surface area contributed by atoms with E-state index in [1.807, 2.05) is 11.8 Å². The van der Waals surface area contributed by atoms with E-state index in [1.54, 1.807) is 12.1 Å². The van der Waals surface area contributed by atoms with Crippen LogP contribution in [0.25, 0.3) is 0 Å². The first kappa shape index (κ1) is 16.8. The van der Waals surface area contributed by atoms with E-state index in [4.69, 9.17) is 4.74 Å². The van der Waals surface area contributed by atoms with E-state index in [2.05, 4.69) is 5.43 Å². The molecular weight excluding hydrogens is 320 g/mol. The van der Waals surface area contributed by atoms with Gasteiger partial charge in [-0.25, -0.2) is 8.42 Å². The Morgan fingerprint density at radius 1 is 1.13 bits per heavy atom. The summed E-state index contributed by atoms with van der Waals surface area (Å²) < 4.78 is 29.4. The number of hydrazine groups is 1. The molecule has 8 heteroatoms. The van der Waals surface area contributed by atoms with Crippen LogP contribution in [0.3, 0.4) is 0 Å². The number of para-hydroxylation sites is 1. The molecule has 0 unspecified atom stereocenters. The van der Waals surface area contributed by atoms with Crippen molar-refractivity contribution in [3.05, 3.63) is 54.1 Å². The molecule has 0 aliphatic carbocycles. The molecule has 0 aromatic heterocycles. The van der Waals surface area contributed by atoms with Crippen molar-refractivity contribution in [1.82, 2.24) is 10.3 Å². The highest BCUT2D eigenvalue weighted by atomic mass is 32.2. The van der Waals surface area contributed by atoms with Crippen molar-refractivity contribution in [3.63, 3.8) is 0 Å². The lowest BCUT2D eigenvalue weighted by Crippen LogP contribution is -2.41. The van der Waals surface area contributed by atoms with Gasteiger partial charge >= 0.3 is 0 Å². The fraction of sp³-hybridized carbons (Fsp3) is 0.133. The third-order valence-electron chi connectivity index (χ3n) is 2.89. The van der Waals surface area contributed by atoms with Crippen LogP contribution in [0.15, 0.2) is 53.4 Å². The topological polar surface area (TPSA) is 105 Å². The molecule has 3 N–H and O–H groups in total.